The first kappa shape index (κ1) is 20.8. The lowest BCUT2D eigenvalue weighted by atomic mass is 9.99. The van der Waals surface area contributed by atoms with Crippen molar-refractivity contribution in [2.24, 2.45) is 0 Å². The fourth-order valence-electron chi connectivity index (χ4n) is 3.18. The minimum Gasteiger partial charge on any atom is -0.379 e. The number of hydrogen-bond acceptors (Lipinski definition) is 6. The maximum atomic E-state index is 11.2. The summed E-state index contributed by atoms with van der Waals surface area (Å²) in [7, 11) is 0. The molecule has 2 atom stereocenters. The second-order valence-corrected chi connectivity index (χ2v) is 6.56. The van der Waals surface area contributed by atoms with Gasteiger partial charge in [0.1, 0.15) is 6.10 Å². The van der Waals surface area contributed by atoms with E-state index in [2.05, 4.69) is 11.9 Å². The summed E-state index contributed by atoms with van der Waals surface area (Å²) in [6, 6.07) is 13.6. The standard InChI is InChI=1S/C21H25N3O5/c1-2-3-13-27-14-15-28-20(21(29-24(25)26)23-12-11-22-16-23)19-10-6-8-17-7-4-5-9-18(17)19/h4-12,16,20-21H,2-3,13-15H2,1H3. The molecule has 29 heavy (non-hydrogen) atoms. The van der Waals surface area contributed by atoms with Crippen molar-refractivity contribution < 1.29 is 19.4 Å². The summed E-state index contributed by atoms with van der Waals surface area (Å²) in [5.41, 5.74) is 0.803. The van der Waals surface area contributed by atoms with Gasteiger partial charge in [-0.2, -0.15) is 0 Å². The molecule has 0 aliphatic carbocycles. The molecular formula is C21H25N3O5. The zero-order valence-electron chi connectivity index (χ0n) is 16.3. The second-order valence-electron chi connectivity index (χ2n) is 6.56. The van der Waals surface area contributed by atoms with Gasteiger partial charge < -0.3 is 14.0 Å². The summed E-state index contributed by atoms with van der Waals surface area (Å²) >= 11 is 0. The molecule has 8 heteroatoms. The van der Waals surface area contributed by atoms with Gasteiger partial charge in [-0.1, -0.05) is 55.8 Å². The lowest BCUT2D eigenvalue weighted by molar-refractivity contribution is -0.778. The van der Waals surface area contributed by atoms with Crippen LogP contribution in [0.1, 0.15) is 37.7 Å². The van der Waals surface area contributed by atoms with Crippen LogP contribution in [0.15, 0.2) is 61.2 Å². The summed E-state index contributed by atoms with van der Waals surface area (Å²) in [5.74, 6) is 0. The summed E-state index contributed by atoms with van der Waals surface area (Å²) in [6.07, 6.45) is 4.93. The molecule has 8 nitrogen and oxygen atoms in total. The number of fused-ring (bicyclic) bond motifs is 1. The summed E-state index contributed by atoms with van der Waals surface area (Å²) in [4.78, 5) is 20.3. The Morgan fingerprint density at radius 1 is 1.14 bits per heavy atom. The van der Waals surface area contributed by atoms with Crippen LogP contribution >= 0.6 is 0 Å². The largest absolute Gasteiger partial charge is 0.379 e. The van der Waals surface area contributed by atoms with E-state index in [0.29, 0.717) is 13.2 Å². The number of ether oxygens (including phenoxy) is 2. The van der Waals surface area contributed by atoms with Crippen molar-refractivity contribution in [2.75, 3.05) is 19.8 Å². The first-order valence-electron chi connectivity index (χ1n) is 9.66. The predicted octanol–water partition coefficient (Wildman–Crippen LogP) is 4.32. The fraction of sp³-hybridized carbons (Fsp3) is 0.381. The molecule has 3 rings (SSSR count). The van der Waals surface area contributed by atoms with Crippen LogP contribution in [0.2, 0.25) is 0 Å². The quantitative estimate of drug-likeness (QED) is 0.256. The molecule has 0 radical (unpaired) electrons. The Labute approximate surface area is 169 Å². The number of nitrogens with zero attached hydrogens (tertiary/aromatic N) is 3. The number of hydrogen-bond donors (Lipinski definition) is 0. The Hall–Kier alpha value is -2.97. The van der Waals surface area contributed by atoms with Crippen LogP contribution in [0.3, 0.4) is 0 Å². The van der Waals surface area contributed by atoms with Crippen molar-refractivity contribution in [3.05, 3.63) is 76.9 Å². The molecule has 0 bridgehead atoms. The van der Waals surface area contributed by atoms with Crippen LogP contribution in [0, 0.1) is 10.1 Å². The van der Waals surface area contributed by atoms with Crippen molar-refractivity contribution in [2.45, 2.75) is 32.1 Å². The van der Waals surface area contributed by atoms with E-state index < -0.39 is 17.4 Å². The maximum absolute atomic E-state index is 11.2. The number of benzene rings is 2. The van der Waals surface area contributed by atoms with Crippen molar-refractivity contribution in [1.29, 1.82) is 0 Å². The predicted molar refractivity (Wildman–Crippen MR) is 108 cm³/mol. The van der Waals surface area contributed by atoms with E-state index in [1.54, 1.807) is 12.4 Å². The first-order chi connectivity index (χ1) is 14.2. The van der Waals surface area contributed by atoms with E-state index in [4.69, 9.17) is 14.3 Å². The number of imidazole rings is 1. The molecule has 154 valence electrons. The van der Waals surface area contributed by atoms with Gasteiger partial charge >= 0.3 is 0 Å². The van der Waals surface area contributed by atoms with E-state index >= 15 is 0 Å². The number of rotatable bonds is 12. The highest BCUT2D eigenvalue weighted by molar-refractivity contribution is 5.86. The summed E-state index contributed by atoms with van der Waals surface area (Å²) in [5, 5.41) is 12.4. The molecule has 0 saturated carbocycles. The van der Waals surface area contributed by atoms with E-state index in [1.165, 1.54) is 10.9 Å². The van der Waals surface area contributed by atoms with Crippen molar-refractivity contribution in [1.82, 2.24) is 9.55 Å². The highest BCUT2D eigenvalue weighted by Crippen LogP contribution is 2.35. The van der Waals surface area contributed by atoms with Gasteiger partial charge in [0, 0.05) is 19.0 Å². The molecule has 0 N–H and O–H groups in total. The highest BCUT2D eigenvalue weighted by atomic mass is 17.0. The van der Waals surface area contributed by atoms with E-state index in [1.807, 2.05) is 42.5 Å². The van der Waals surface area contributed by atoms with Crippen LogP contribution in [-0.4, -0.2) is 34.5 Å². The monoisotopic (exact) mass is 399 g/mol. The van der Waals surface area contributed by atoms with Gasteiger partial charge in [0.15, 0.2) is 0 Å². The molecule has 2 unspecified atom stereocenters. The van der Waals surface area contributed by atoms with E-state index in [9.17, 15) is 10.1 Å². The van der Waals surface area contributed by atoms with Crippen LogP contribution in [0.5, 0.6) is 0 Å². The third-order valence-electron chi connectivity index (χ3n) is 4.57. The topological polar surface area (TPSA) is 88.6 Å². The number of unbranched alkanes of at least 4 members (excludes halogenated alkanes) is 1. The minimum atomic E-state index is -1.02. The Balaban J connectivity index is 1.91. The van der Waals surface area contributed by atoms with Gasteiger partial charge in [-0.3, -0.25) is 4.84 Å². The zero-order valence-corrected chi connectivity index (χ0v) is 16.3. The maximum Gasteiger partial charge on any atom is 0.296 e. The smallest absolute Gasteiger partial charge is 0.296 e. The van der Waals surface area contributed by atoms with E-state index in [-0.39, 0.29) is 6.61 Å². The molecule has 0 aliphatic rings. The van der Waals surface area contributed by atoms with Gasteiger partial charge in [0.05, 0.1) is 19.5 Å². The third kappa shape index (κ3) is 5.52. The molecule has 0 fully saturated rings. The Bertz CT molecular complexity index is 895. The van der Waals surface area contributed by atoms with Gasteiger partial charge in [-0.25, -0.2) is 4.98 Å². The van der Waals surface area contributed by atoms with Crippen LogP contribution in [0.25, 0.3) is 10.8 Å². The molecule has 1 heterocycles. The van der Waals surface area contributed by atoms with Crippen molar-refractivity contribution in [3.63, 3.8) is 0 Å². The van der Waals surface area contributed by atoms with E-state index in [0.717, 1.165) is 29.2 Å². The normalized spacial score (nSPS) is 13.3. The van der Waals surface area contributed by atoms with Gasteiger partial charge in [0.2, 0.25) is 6.23 Å². The second kappa shape index (κ2) is 10.5. The summed E-state index contributed by atoms with van der Waals surface area (Å²) in [6.45, 7) is 3.44. The van der Waals surface area contributed by atoms with Crippen molar-refractivity contribution >= 4 is 10.8 Å². The van der Waals surface area contributed by atoms with Crippen molar-refractivity contribution in [3.8, 4) is 0 Å². The van der Waals surface area contributed by atoms with Gasteiger partial charge in [0.25, 0.3) is 5.09 Å². The Kier molecular flexibility index (Phi) is 7.54. The lowest BCUT2D eigenvalue weighted by Gasteiger charge is -2.28. The molecule has 2 aromatic carbocycles. The third-order valence-corrected chi connectivity index (χ3v) is 4.57. The lowest BCUT2D eigenvalue weighted by Crippen LogP contribution is -2.26. The Morgan fingerprint density at radius 3 is 2.72 bits per heavy atom. The first-order valence-corrected chi connectivity index (χ1v) is 9.66. The SMILES string of the molecule is CCCCOCCOC(c1cccc2ccccc12)C(O[N+](=O)[O-])n1ccnc1. The zero-order chi connectivity index (χ0) is 20.5. The van der Waals surface area contributed by atoms with Crippen LogP contribution in [0.4, 0.5) is 0 Å². The number of aromatic nitrogens is 2. The van der Waals surface area contributed by atoms with Crippen LogP contribution < -0.4 is 0 Å². The average molecular weight is 399 g/mol. The molecule has 3 aromatic rings. The van der Waals surface area contributed by atoms with Gasteiger partial charge in [-0.15, -0.1) is 10.1 Å². The highest BCUT2D eigenvalue weighted by Gasteiger charge is 2.30. The molecule has 0 saturated heterocycles. The minimum absolute atomic E-state index is 0.282. The summed E-state index contributed by atoms with van der Waals surface area (Å²) < 4.78 is 13.2. The van der Waals surface area contributed by atoms with Gasteiger partial charge in [-0.05, 0) is 22.8 Å². The molecular weight excluding hydrogens is 374 g/mol. The molecule has 0 aliphatic heterocycles. The molecule has 1 aromatic heterocycles. The Morgan fingerprint density at radius 2 is 1.97 bits per heavy atom. The molecule has 0 spiro atoms. The van der Waals surface area contributed by atoms with Crippen LogP contribution in [-0.2, 0) is 14.3 Å². The fourth-order valence-corrected chi connectivity index (χ4v) is 3.18. The molecule has 0 amide bonds. The average Bonchev–Trinajstić information content (AvgIpc) is 3.26.